The number of hydrogen-bond acceptors (Lipinski definition) is 5. The summed E-state index contributed by atoms with van der Waals surface area (Å²) in [6.07, 6.45) is 4.14. The molecule has 0 unspecified atom stereocenters. The summed E-state index contributed by atoms with van der Waals surface area (Å²) in [5, 5.41) is 8.94. The SMILES string of the molecule is CCc1c(-c2ncccn2)sc(C#N)c1N. The summed E-state index contributed by atoms with van der Waals surface area (Å²) in [4.78, 5) is 9.80. The fourth-order valence-corrected chi connectivity index (χ4v) is 2.57. The average molecular weight is 230 g/mol. The van der Waals surface area contributed by atoms with Gasteiger partial charge in [0, 0.05) is 12.4 Å². The summed E-state index contributed by atoms with van der Waals surface area (Å²) in [7, 11) is 0. The lowest BCUT2D eigenvalue weighted by Crippen LogP contribution is -1.93. The molecule has 5 heteroatoms. The highest BCUT2D eigenvalue weighted by Crippen LogP contribution is 2.36. The first-order chi connectivity index (χ1) is 7.77. The van der Waals surface area contributed by atoms with E-state index in [9.17, 15) is 0 Å². The van der Waals surface area contributed by atoms with Gasteiger partial charge in [0.1, 0.15) is 10.9 Å². The van der Waals surface area contributed by atoms with E-state index in [-0.39, 0.29) is 0 Å². The third kappa shape index (κ3) is 1.64. The Morgan fingerprint density at radius 2 is 2.12 bits per heavy atom. The second-order valence-corrected chi connectivity index (χ2v) is 4.21. The number of thiophene rings is 1. The van der Waals surface area contributed by atoms with Gasteiger partial charge in [-0.05, 0) is 18.1 Å². The highest BCUT2D eigenvalue weighted by Gasteiger charge is 2.17. The molecule has 0 fully saturated rings. The highest BCUT2D eigenvalue weighted by molar-refractivity contribution is 7.16. The van der Waals surface area contributed by atoms with Gasteiger partial charge in [-0.15, -0.1) is 11.3 Å². The summed E-state index contributed by atoms with van der Waals surface area (Å²) >= 11 is 1.35. The van der Waals surface area contributed by atoms with E-state index in [0.717, 1.165) is 16.9 Å². The maximum absolute atomic E-state index is 8.94. The minimum Gasteiger partial charge on any atom is -0.397 e. The predicted molar refractivity (Wildman–Crippen MR) is 63.9 cm³/mol. The number of anilines is 1. The minimum absolute atomic E-state index is 0.541. The first kappa shape index (κ1) is 10.6. The van der Waals surface area contributed by atoms with Crippen LogP contribution in [0.1, 0.15) is 17.4 Å². The molecule has 0 aliphatic carbocycles. The molecule has 0 spiro atoms. The van der Waals surface area contributed by atoms with Crippen LogP contribution in [0.3, 0.4) is 0 Å². The van der Waals surface area contributed by atoms with Gasteiger partial charge in [0.25, 0.3) is 0 Å². The Balaban J connectivity index is 2.62. The number of nitrogens with zero attached hydrogens (tertiary/aromatic N) is 3. The van der Waals surface area contributed by atoms with E-state index in [4.69, 9.17) is 11.0 Å². The Labute approximate surface area is 97.4 Å². The van der Waals surface area contributed by atoms with Crippen molar-refractivity contribution in [2.24, 2.45) is 0 Å². The molecule has 2 aromatic rings. The summed E-state index contributed by atoms with van der Waals surface area (Å²) in [5.41, 5.74) is 7.43. The van der Waals surface area contributed by atoms with Crippen molar-refractivity contribution < 1.29 is 0 Å². The van der Waals surface area contributed by atoms with E-state index >= 15 is 0 Å². The smallest absolute Gasteiger partial charge is 0.169 e. The van der Waals surface area contributed by atoms with Crippen LogP contribution in [0.15, 0.2) is 18.5 Å². The van der Waals surface area contributed by atoms with Crippen molar-refractivity contribution in [3.63, 3.8) is 0 Å². The summed E-state index contributed by atoms with van der Waals surface area (Å²) in [6.45, 7) is 2.01. The molecule has 2 aromatic heterocycles. The average Bonchev–Trinajstić information content (AvgIpc) is 2.66. The van der Waals surface area contributed by atoms with E-state index in [2.05, 4.69) is 16.0 Å². The first-order valence-electron chi connectivity index (χ1n) is 4.86. The lowest BCUT2D eigenvalue weighted by molar-refractivity contribution is 1.13. The fourth-order valence-electron chi connectivity index (χ4n) is 1.51. The van der Waals surface area contributed by atoms with Gasteiger partial charge in [0.05, 0.1) is 10.6 Å². The quantitative estimate of drug-likeness (QED) is 0.858. The molecule has 2 heterocycles. The summed E-state index contributed by atoms with van der Waals surface area (Å²) < 4.78 is 0. The molecule has 16 heavy (non-hydrogen) atoms. The van der Waals surface area contributed by atoms with Crippen LogP contribution in [-0.2, 0) is 6.42 Å². The van der Waals surface area contributed by atoms with E-state index in [1.807, 2.05) is 6.92 Å². The van der Waals surface area contributed by atoms with Gasteiger partial charge in [0.15, 0.2) is 5.82 Å². The third-order valence-corrected chi connectivity index (χ3v) is 3.42. The highest BCUT2D eigenvalue weighted by atomic mass is 32.1. The van der Waals surface area contributed by atoms with Gasteiger partial charge >= 0.3 is 0 Å². The van der Waals surface area contributed by atoms with Crippen molar-refractivity contribution in [1.82, 2.24) is 9.97 Å². The Kier molecular flexibility index (Phi) is 2.84. The molecule has 0 saturated heterocycles. The van der Waals surface area contributed by atoms with Crippen LogP contribution in [0.2, 0.25) is 0 Å². The molecule has 4 nitrogen and oxygen atoms in total. The minimum atomic E-state index is 0.541. The number of rotatable bonds is 2. The number of aromatic nitrogens is 2. The van der Waals surface area contributed by atoms with Crippen molar-refractivity contribution >= 4 is 17.0 Å². The van der Waals surface area contributed by atoms with Crippen LogP contribution < -0.4 is 5.73 Å². The maximum atomic E-state index is 8.94. The van der Waals surface area contributed by atoms with Gasteiger partial charge in [-0.3, -0.25) is 0 Å². The monoisotopic (exact) mass is 230 g/mol. The second-order valence-electron chi connectivity index (χ2n) is 3.19. The molecule has 0 saturated carbocycles. The maximum Gasteiger partial charge on any atom is 0.169 e. The van der Waals surface area contributed by atoms with Crippen molar-refractivity contribution in [2.75, 3.05) is 5.73 Å². The van der Waals surface area contributed by atoms with Crippen LogP contribution in [0.5, 0.6) is 0 Å². The largest absolute Gasteiger partial charge is 0.397 e. The van der Waals surface area contributed by atoms with Crippen molar-refractivity contribution in [1.29, 1.82) is 5.26 Å². The zero-order valence-corrected chi connectivity index (χ0v) is 9.58. The van der Waals surface area contributed by atoms with Crippen LogP contribution in [0.25, 0.3) is 10.7 Å². The molecule has 0 aromatic carbocycles. The molecule has 0 amide bonds. The van der Waals surface area contributed by atoms with Crippen LogP contribution in [0, 0.1) is 11.3 Å². The second kappa shape index (κ2) is 4.29. The topological polar surface area (TPSA) is 75.6 Å². The summed E-state index contributed by atoms with van der Waals surface area (Å²) in [5.74, 6) is 0.637. The Morgan fingerprint density at radius 3 is 2.69 bits per heavy atom. The molecular weight excluding hydrogens is 220 g/mol. The fraction of sp³-hybridized carbons (Fsp3) is 0.182. The molecular formula is C11H10N4S. The van der Waals surface area contributed by atoms with Crippen molar-refractivity contribution in [2.45, 2.75) is 13.3 Å². The third-order valence-electron chi connectivity index (χ3n) is 2.27. The van der Waals surface area contributed by atoms with Gasteiger partial charge in [-0.2, -0.15) is 5.26 Å². The van der Waals surface area contributed by atoms with Gasteiger partial charge in [0.2, 0.25) is 0 Å². The number of nitrogens with two attached hydrogens (primary N) is 1. The molecule has 0 aliphatic rings. The van der Waals surface area contributed by atoms with Crippen LogP contribution >= 0.6 is 11.3 Å². The standard InChI is InChI=1S/C11H10N4S/c1-2-7-9(13)8(6-12)16-10(7)11-14-4-3-5-15-11/h3-5H,2,13H2,1H3. The lowest BCUT2D eigenvalue weighted by atomic mass is 10.1. The van der Waals surface area contributed by atoms with Gasteiger partial charge in [-0.1, -0.05) is 6.92 Å². The molecule has 80 valence electrons. The lowest BCUT2D eigenvalue weighted by Gasteiger charge is -1.99. The molecule has 0 atom stereocenters. The Bertz CT molecular complexity index is 539. The van der Waals surface area contributed by atoms with Crippen LogP contribution in [-0.4, -0.2) is 9.97 Å². The van der Waals surface area contributed by atoms with Crippen molar-refractivity contribution in [3.8, 4) is 16.8 Å². The molecule has 2 N–H and O–H groups in total. The number of nitriles is 1. The zero-order chi connectivity index (χ0) is 11.5. The zero-order valence-electron chi connectivity index (χ0n) is 8.77. The first-order valence-corrected chi connectivity index (χ1v) is 5.68. The number of hydrogen-bond donors (Lipinski definition) is 1. The molecule has 0 bridgehead atoms. The normalized spacial score (nSPS) is 10.0. The summed E-state index contributed by atoms with van der Waals surface area (Å²) in [6, 6.07) is 3.86. The van der Waals surface area contributed by atoms with Crippen LogP contribution in [0.4, 0.5) is 5.69 Å². The van der Waals surface area contributed by atoms with Gasteiger partial charge in [-0.25, -0.2) is 9.97 Å². The molecule has 0 aliphatic heterocycles. The van der Waals surface area contributed by atoms with E-state index < -0.39 is 0 Å². The predicted octanol–water partition coefficient (Wildman–Crippen LogP) is 2.22. The Hall–Kier alpha value is -1.93. The van der Waals surface area contributed by atoms with Crippen molar-refractivity contribution in [3.05, 3.63) is 28.9 Å². The Morgan fingerprint density at radius 1 is 1.44 bits per heavy atom. The van der Waals surface area contributed by atoms with Gasteiger partial charge < -0.3 is 5.73 Å². The number of nitrogen functional groups attached to an aromatic ring is 1. The van der Waals surface area contributed by atoms with E-state index in [1.54, 1.807) is 18.5 Å². The molecule has 0 radical (unpaired) electrons. The van der Waals surface area contributed by atoms with E-state index in [0.29, 0.717) is 16.4 Å². The van der Waals surface area contributed by atoms with E-state index in [1.165, 1.54) is 11.3 Å². The molecule has 2 rings (SSSR count).